The predicted molar refractivity (Wildman–Crippen MR) is 72.6 cm³/mol. The van der Waals surface area contributed by atoms with E-state index in [1.807, 2.05) is 43.3 Å². The average molecular weight is 261 g/mol. The number of aryl methyl sites for hydroxylation is 1. The number of hydrogen-bond donors (Lipinski definition) is 2. The van der Waals surface area contributed by atoms with Crippen molar-refractivity contribution in [3.8, 4) is 0 Å². The third-order valence-electron chi connectivity index (χ3n) is 2.69. The van der Waals surface area contributed by atoms with E-state index >= 15 is 0 Å². The summed E-state index contributed by atoms with van der Waals surface area (Å²) < 4.78 is 0. The molecule has 0 saturated heterocycles. The van der Waals surface area contributed by atoms with Gasteiger partial charge >= 0.3 is 0 Å². The number of thiophene rings is 1. The number of carbonyl (C=O) groups excluding carboxylic acids is 1. The van der Waals surface area contributed by atoms with E-state index in [4.69, 9.17) is 0 Å². The average Bonchev–Trinajstić information content (AvgIpc) is 2.83. The zero-order chi connectivity index (χ0) is 13.0. The number of carbonyl (C=O) groups is 1. The normalized spacial score (nSPS) is 10.3. The van der Waals surface area contributed by atoms with Crippen molar-refractivity contribution >= 4 is 17.2 Å². The second kappa shape index (κ2) is 5.80. The fraction of sp³-hybridized carbons (Fsp3) is 0.214. The highest BCUT2D eigenvalue weighted by atomic mass is 32.1. The molecule has 0 unspecified atom stereocenters. The summed E-state index contributed by atoms with van der Waals surface area (Å²) in [5.41, 5.74) is 1.79. The smallest absolute Gasteiger partial charge is 0.261 e. The van der Waals surface area contributed by atoms with Crippen molar-refractivity contribution < 1.29 is 9.90 Å². The van der Waals surface area contributed by atoms with Crippen molar-refractivity contribution in [2.75, 3.05) is 0 Å². The highest BCUT2D eigenvalue weighted by Crippen LogP contribution is 2.15. The minimum absolute atomic E-state index is 0.00977. The van der Waals surface area contributed by atoms with Crippen LogP contribution in [0.4, 0.5) is 0 Å². The standard InChI is InChI=1S/C14H15NO2S/c1-10-6-7-13(18-10)14(17)15-8-11-4-2-3-5-12(11)9-16/h2-7,16H,8-9H2,1H3,(H,15,17). The summed E-state index contributed by atoms with van der Waals surface area (Å²) in [6, 6.07) is 11.3. The molecule has 0 radical (unpaired) electrons. The van der Waals surface area contributed by atoms with E-state index in [0.29, 0.717) is 11.4 Å². The van der Waals surface area contributed by atoms with Crippen LogP contribution in [0.2, 0.25) is 0 Å². The van der Waals surface area contributed by atoms with Gasteiger partial charge in [0.1, 0.15) is 0 Å². The summed E-state index contributed by atoms with van der Waals surface area (Å²) in [7, 11) is 0. The molecule has 0 fully saturated rings. The fourth-order valence-corrected chi connectivity index (χ4v) is 2.49. The lowest BCUT2D eigenvalue weighted by Crippen LogP contribution is -2.22. The van der Waals surface area contributed by atoms with Gasteiger partial charge in [-0.15, -0.1) is 11.3 Å². The monoisotopic (exact) mass is 261 g/mol. The van der Waals surface area contributed by atoms with E-state index in [0.717, 1.165) is 16.0 Å². The van der Waals surface area contributed by atoms with E-state index in [1.165, 1.54) is 11.3 Å². The van der Waals surface area contributed by atoms with Crippen LogP contribution in [0, 0.1) is 6.92 Å². The molecule has 0 atom stereocenters. The lowest BCUT2D eigenvalue weighted by molar-refractivity contribution is 0.0954. The molecule has 1 amide bonds. The van der Waals surface area contributed by atoms with Gasteiger partial charge in [0, 0.05) is 11.4 Å². The van der Waals surface area contributed by atoms with Crippen LogP contribution in [0.3, 0.4) is 0 Å². The Hall–Kier alpha value is -1.65. The summed E-state index contributed by atoms with van der Waals surface area (Å²) in [6.45, 7) is 2.40. The van der Waals surface area contributed by atoms with Gasteiger partial charge in [0.2, 0.25) is 0 Å². The molecule has 3 nitrogen and oxygen atoms in total. The maximum Gasteiger partial charge on any atom is 0.261 e. The van der Waals surface area contributed by atoms with Crippen LogP contribution in [0.15, 0.2) is 36.4 Å². The summed E-state index contributed by atoms with van der Waals surface area (Å²) in [5.74, 6) is -0.0687. The second-order valence-corrected chi connectivity index (χ2v) is 5.31. The minimum Gasteiger partial charge on any atom is -0.392 e. The van der Waals surface area contributed by atoms with E-state index in [9.17, 15) is 9.90 Å². The molecular weight excluding hydrogens is 246 g/mol. The maximum atomic E-state index is 11.9. The lowest BCUT2D eigenvalue weighted by Gasteiger charge is -2.08. The first-order valence-corrected chi connectivity index (χ1v) is 6.54. The molecule has 4 heteroatoms. The molecule has 0 spiro atoms. The van der Waals surface area contributed by atoms with Gasteiger partial charge in [-0.05, 0) is 30.2 Å². The van der Waals surface area contributed by atoms with Gasteiger partial charge in [-0.1, -0.05) is 24.3 Å². The molecule has 0 aliphatic rings. The van der Waals surface area contributed by atoms with Crippen molar-refractivity contribution in [1.29, 1.82) is 0 Å². The van der Waals surface area contributed by atoms with Gasteiger partial charge in [-0.3, -0.25) is 4.79 Å². The predicted octanol–water partition coefficient (Wildman–Crippen LogP) is 2.48. The van der Waals surface area contributed by atoms with Crippen LogP contribution in [0.1, 0.15) is 25.7 Å². The number of benzene rings is 1. The SMILES string of the molecule is Cc1ccc(C(=O)NCc2ccccc2CO)s1. The van der Waals surface area contributed by atoms with Crippen molar-refractivity contribution in [2.45, 2.75) is 20.1 Å². The summed E-state index contributed by atoms with van der Waals surface area (Å²) in [6.07, 6.45) is 0. The van der Waals surface area contributed by atoms with Crippen molar-refractivity contribution in [1.82, 2.24) is 5.32 Å². The molecule has 94 valence electrons. The maximum absolute atomic E-state index is 11.9. The topological polar surface area (TPSA) is 49.3 Å². The van der Waals surface area contributed by atoms with Crippen molar-refractivity contribution in [3.05, 3.63) is 57.3 Å². The molecule has 18 heavy (non-hydrogen) atoms. The second-order valence-electron chi connectivity index (χ2n) is 4.02. The van der Waals surface area contributed by atoms with Gasteiger partial charge < -0.3 is 10.4 Å². The van der Waals surface area contributed by atoms with Gasteiger partial charge in [0.05, 0.1) is 11.5 Å². The van der Waals surface area contributed by atoms with Crippen LogP contribution in [0.25, 0.3) is 0 Å². The lowest BCUT2D eigenvalue weighted by atomic mass is 10.1. The molecule has 2 N–H and O–H groups in total. The quantitative estimate of drug-likeness (QED) is 0.888. The Kier molecular flexibility index (Phi) is 4.12. The highest BCUT2D eigenvalue weighted by Gasteiger charge is 2.08. The van der Waals surface area contributed by atoms with Crippen LogP contribution < -0.4 is 5.32 Å². The number of nitrogens with one attached hydrogen (secondary N) is 1. The van der Waals surface area contributed by atoms with Crippen molar-refractivity contribution in [2.24, 2.45) is 0 Å². The molecule has 1 aromatic carbocycles. The van der Waals surface area contributed by atoms with Crippen molar-refractivity contribution in [3.63, 3.8) is 0 Å². The zero-order valence-corrected chi connectivity index (χ0v) is 11.0. The molecule has 1 heterocycles. The molecule has 2 rings (SSSR count). The number of aliphatic hydroxyl groups excluding tert-OH is 1. The molecule has 1 aromatic heterocycles. The molecule has 2 aromatic rings. The Labute approximate surface area is 110 Å². The molecule has 0 aliphatic carbocycles. The number of aliphatic hydroxyl groups is 1. The van der Waals surface area contributed by atoms with Gasteiger partial charge in [-0.2, -0.15) is 0 Å². The Bertz CT molecular complexity index is 548. The van der Waals surface area contributed by atoms with Crippen LogP contribution in [-0.2, 0) is 13.2 Å². The van der Waals surface area contributed by atoms with Crippen LogP contribution in [-0.4, -0.2) is 11.0 Å². The third-order valence-corrected chi connectivity index (χ3v) is 3.69. The minimum atomic E-state index is -0.0687. The molecular formula is C14H15NO2S. The summed E-state index contributed by atoms with van der Waals surface area (Å²) in [4.78, 5) is 13.7. The van der Waals surface area contributed by atoms with Crippen LogP contribution >= 0.6 is 11.3 Å². The number of amides is 1. The first-order chi connectivity index (χ1) is 8.70. The molecule has 0 saturated carbocycles. The summed E-state index contributed by atoms with van der Waals surface area (Å²) >= 11 is 1.48. The number of rotatable bonds is 4. The van der Waals surface area contributed by atoms with Gasteiger partial charge in [0.25, 0.3) is 5.91 Å². The first kappa shape index (κ1) is 12.8. The summed E-state index contributed by atoms with van der Waals surface area (Å²) in [5, 5.41) is 12.1. The third kappa shape index (κ3) is 2.97. The highest BCUT2D eigenvalue weighted by molar-refractivity contribution is 7.13. The largest absolute Gasteiger partial charge is 0.392 e. The van der Waals surface area contributed by atoms with E-state index in [1.54, 1.807) is 0 Å². The Morgan fingerprint density at radius 3 is 2.56 bits per heavy atom. The van der Waals surface area contributed by atoms with Gasteiger partial charge in [0.15, 0.2) is 0 Å². The first-order valence-electron chi connectivity index (χ1n) is 5.73. The molecule has 0 bridgehead atoms. The molecule has 0 aliphatic heterocycles. The van der Waals surface area contributed by atoms with E-state index < -0.39 is 0 Å². The van der Waals surface area contributed by atoms with Gasteiger partial charge in [-0.25, -0.2) is 0 Å². The van der Waals surface area contributed by atoms with E-state index in [2.05, 4.69) is 5.32 Å². The van der Waals surface area contributed by atoms with Crippen LogP contribution in [0.5, 0.6) is 0 Å². The number of hydrogen-bond acceptors (Lipinski definition) is 3. The van der Waals surface area contributed by atoms with E-state index in [-0.39, 0.29) is 12.5 Å². The fourth-order valence-electron chi connectivity index (χ4n) is 1.70. The Balaban J connectivity index is 2.01. The zero-order valence-electron chi connectivity index (χ0n) is 10.1. The Morgan fingerprint density at radius 1 is 1.22 bits per heavy atom. The Morgan fingerprint density at radius 2 is 1.94 bits per heavy atom.